The molecule has 0 radical (unpaired) electrons. The number of fused-ring (bicyclic) bond motifs is 6. The third-order valence-corrected chi connectivity index (χ3v) is 9.42. The van der Waals surface area contributed by atoms with Crippen molar-refractivity contribution in [2.24, 2.45) is 0 Å². The summed E-state index contributed by atoms with van der Waals surface area (Å²) in [5, 5.41) is 1.25. The van der Waals surface area contributed by atoms with Gasteiger partial charge >= 0.3 is 0 Å². The zero-order valence-corrected chi connectivity index (χ0v) is 23.4. The first kappa shape index (κ1) is 23.3. The molecule has 0 spiro atoms. The van der Waals surface area contributed by atoms with Crippen molar-refractivity contribution >= 4 is 28.0 Å². The topological polar surface area (TPSA) is 8.17 Å². The minimum atomic E-state index is -0.136. The van der Waals surface area contributed by atoms with Gasteiger partial charge in [-0.2, -0.15) is 0 Å². The van der Waals surface area contributed by atoms with Crippen LogP contribution < -0.4 is 4.90 Å². The van der Waals surface area contributed by atoms with E-state index in [4.69, 9.17) is 0 Å². The highest BCUT2D eigenvalue weighted by atomic mass is 15.2. The van der Waals surface area contributed by atoms with Crippen molar-refractivity contribution in [3.63, 3.8) is 0 Å². The van der Waals surface area contributed by atoms with Crippen LogP contribution >= 0.6 is 0 Å². The van der Waals surface area contributed by atoms with Crippen LogP contribution in [0, 0.1) is 0 Å². The summed E-state index contributed by atoms with van der Waals surface area (Å²) in [5.41, 5.74) is 14.2. The minimum Gasteiger partial charge on any atom is -0.316 e. The van der Waals surface area contributed by atoms with Gasteiger partial charge in [-0.05, 0) is 81.9 Å². The van der Waals surface area contributed by atoms with Crippen LogP contribution in [0.5, 0.6) is 0 Å². The highest BCUT2D eigenvalue weighted by molar-refractivity contribution is 6.01. The minimum absolute atomic E-state index is 0.0591. The average Bonchev–Trinajstić information content (AvgIpc) is 3.51. The maximum absolute atomic E-state index is 2.52. The van der Waals surface area contributed by atoms with Gasteiger partial charge in [-0.3, -0.25) is 0 Å². The molecule has 0 unspecified atom stereocenters. The lowest BCUT2D eigenvalue weighted by molar-refractivity contribution is 0.627. The molecule has 0 fully saturated rings. The number of aromatic nitrogens is 1. The zero-order valence-electron chi connectivity index (χ0n) is 23.4. The summed E-state index contributed by atoms with van der Waals surface area (Å²) >= 11 is 0. The van der Waals surface area contributed by atoms with Crippen molar-refractivity contribution in [2.45, 2.75) is 38.5 Å². The van der Waals surface area contributed by atoms with E-state index >= 15 is 0 Å². The van der Waals surface area contributed by atoms with Gasteiger partial charge in [0.1, 0.15) is 0 Å². The van der Waals surface area contributed by atoms with Crippen LogP contribution in [0.1, 0.15) is 49.9 Å². The molecule has 2 heteroatoms. The molecule has 0 saturated heterocycles. The summed E-state index contributed by atoms with van der Waals surface area (Å²) in [6.45, 7) is 9.51. The number of benzene rings is 5. The van der Waals surface area contributed by atoms with Crippen molar-refractivity contribution in [1.82, 2.24) is 4.57 Å². The lowest BCUT2D eigenvalue weighted by Crippen LogP contribution is -2.31. The van der Waals surface area contributed by atoms with Crippen molar-refractivity contribution in [3.8, 4) is 16.8 Å². The second-order valence-corrected chi connectivity index (χ2v) is 12.3. The Hall–Kier alpha value is -4.56. The fraction of sp³-hybridized carbons (Fsp3) is 0.158. The Balaban J connectivity index is 1.43. The summed E-state index contributed by atoms with van der Waals surface area (Å²) in [5.74, 6) is 0. The van der Waals surface area contributed by atoms with Crippen LogP contribution in [0.25, 0.3) is 27.7 Å². The van der Waals surface area contributed by atoms with Gasteiger partial charge in [-0.25, -0.2) is 0 Å². The lowest BCUT2D eigenvalue weighted by Gasteiger charge is -2.43. The number of anilines is 3. The van der Waals surface area contributed by atoms with E-state index in [1.807, 2.05) is 0 Å². The van der Waals surface area contributed by atoms with E-state index in [1.165, 1.54) is 67.0 Å². The molecular weight excluding hydrogens is 484 g/mol. The molecule has 2 nitrogen and oxygen atoms in total. The van der Waals surface area contributed by atoms with Crippen LogP contribution in [0.15, 0.2) is 121 Å². The Morgan fingerprint density at radius 1 is 0.475 bits per heavy atom. The second-order valence-electron chi connectivity index (χ2n) is 12.3. The molecule has 1 aromatic heterocycles. The molecule has 6 aromatic rings. The van der Waals surface area contributed by atoms with Crippen molar-refractivity contribution in [1.29, 1.82) is 0 Å². The number of rotatable bonds is 2. The monoisotopic (exact) mass is 516 g/mol. The van der Waals surface area contributed by atoms with Gasteiger partial charge in [0, 0.05) is 28.1 Å². The fourth-order valence-corrected chi connectivity index (χ4v) is 7.31. The van der Waals surface area contributed by atoms with Crippen LogP contribution in [-0.2, 0) is 10.8 Å². The van der Waals surface area contributed by atoms with E-state index in [0.717, 1.165) is 0 Å². The van der Waals surface area contributed by atoms with Gasteiger partial charge in [0.15, 0.2) is 0 Å². The van der Waals surface area contributed by atoms with Crippen molar-refractivity contribution in [3.05, 3.63) is 144 Å². The summed E-state index contributed by atoms with van der Waals surface area (Å²) in [6.07, 6.45) is 2.20. The zero-order chi connectivity index (χ0) is 27.2. The lowest BCUT2D eigenvalue weighted by atomic mass is 9.71. The molecule has 194 valence electrons. The summed E-state index contributed by atoms with van der Waals surface area (Å²) in [7, 11) is 0. The second kappa shape index (κ2) is 7.99. The molecule has 2 aliphatic rings. The molecule has 0 N–H and O–H groups in total. The molecule has 0 atom stereocenters. The van der Waals surface area contributed by atoms with Gasteiger partial charge in [0.25, 0.3) is 0 Å². The first-order valence-corrected chi connectivity index (χ1v) is 14.2. The van der Waals surface area contributed by atoms with Gasteiger partial charge in [0.05, 0.1) is 22.6 Å². The van der Waals surface area contributed by atoms with E-state index in [1.54, 1.807) is 0 Å². The fourth-order valence-electron chi connectivity index (χ4n) is 7.31. The largest absolute Gasteiger partial charge is 0.316 e. The molecule has 1 aliphatic heterocycles. The molecule has 2 heterocycles. The molecule has 0 bridgehead atoms. The van der Waals surface area contributed by atoms with Gasteiger partial charge in [0.2, 0.25) is 0 Å². The standard InChI is InChI=1S/C38H32N2/c1-37(2)29-16-9-8-15-26(29)28-23-32-36(24-31(28)37)40(35-18-11-10-17-30(35)38(32,3)4)34-20-12-19-33-27(34)21-22-39(33)25-13-6-5-7-14-25/h5-24H,1-4H3. The highest BCUT2D eigenvalue weighted by Crippen LogP contribution is 2.57. The van der Waals surface area contributed by atoms with Gasteiger partial charge in [-0.1, -0.05) is 94.4 Å². The highest BCUT2D eigenvalue weighted by Gasteiger charge is 2.42. The normalized spacial score (nSPS) is 15.8. The summed E-state index contributed by atoms with van der Waals surface area (Å²) < 4.78 is 2.29. The SMILES string of the molecule is CC1(C)c2ccccc2-c2cc3c(cc21)N(c1cccc2c1ccn2-c1ccccc1)c1ccccc1C3(C)C. The summed E-state index contributed by atoms with van der Waals surface area (Å²) in [4.78, 5) is 2.52. The average molecular weight is 517 g/mol. The van der Waals surface area contributed by atoms with E-state index in [0.29, 0.717) is 0 Å². The van der Waals surface area contributed by atoms with Gasteiger partial charge in [-0.15, -0.1) is 0 Å². The number of hydrogen-bond donors (Lipinski definition) is 0. The van der Waals surface area contributed by atoms with Crippen LogP contribution in [0.3, 0.4) is 0 Å². The maximum Gasteiger partial charge on any atom is 0.0555 e. The molecule has 8 rings (SSSR count). The van der Waals surface area contributed by atoms with Crippen LogP contribution in [-0.4, -0.2) is 4.57 Å². The Kier molecular flexibility index (Phi) is 4.66. The third-order valence-electron chi connectivity index (χ3n) is 9.42. The predicted octanol–water partition coefficient (Wildman–Crippen LogP) is 10.0. The third kappa shape index (κ3) is 2.99. The Labute approximate surface area is 236 Å². The quantitative estimate of drug-likeness (QED) is 0.222. The Morgan fingerprint density at radius 3 is 1.98 bits per heavy atom. The predicted molar refractivity (Wildman–Crippen MR) is 168 cm³/mol. The number of para-hydroxylation sites is 2. The first-order chi connectivity index (χ1) is 19.4. The molecular formula is C38H32N2. The van der Waals surface area contributed by atoms with E-state index < -0.39 is 0 Å². The smallest absolute Gasteiger partial charge is 0.0555 e. The summed E-state index contributed by atoms with van der Waals surface area (Å²) in [6, 6.07) is 42.5. The van der Waals surface area contributed by atoms with Crippen molar-refractivity contribution in [2.75, 3.05) is 4.90 Å². The molecule has 5 aromatic carbocycles. The van der Waals surface area contributed by atoms with Crippen LogP contribution in [0.4, 0.5) is 17.1 Å². The van der Waals surface area contributed by atoms with E-state index in [9.17, 15) is 0 Å². The first-order valence-electron chi connectivity index (χ1n) is 14.2. The van der Waals surface area contributed by atoms with E-state index in [2.05, 4.69) is 159 Å². The van der Waals surface area contributed by atoms with Gasteiger partial charge < -0.3 is 9.47 Å². The number of nitrogens with zero attached hydrogens (tertiary/aromatic N) is 2. The molecule has 40 heavy (non-hydrogen) atoms. The molecule has 0 amide bonds. The number of hydrogen-bond acceptors (Lipinski definition) is 1. The van der Waals surface area contributed by atoms with E-state index in [-0.39, 0.29) is 10.8 Å². The Morgan fingerprint density at radius 2 is 1.15 bits per heavy atom. The molecule has 1 aliphatic carbocycles. The maximum atomic E-state index is 2.52. The molecule has 0 saturated carbocycles. The Bertz CT molecular complexity index is 1960. The van der Waals surface area contributed by atoms with Crippen LogP contribution in [0.2, 0.25) is 0 Å². The van der Waals surface area contributed by atoms with Crippen molar-refractivity contribution < 1.29 is 0 Å².